The van der Waals surface area contributed by atoms with Gasteiger partial charge in [-0.1, -0.05) is 39.1 Å². The monoisotopic (exact) mass is 361 g/mol. The molecule has 0 heterocycles. The Morgan fingerprint density at radius 2 is 1.82 bits per heavy atom. The maximum Gasteiger partial charge on any atom is 0.243 e. The highest BCUT2D eigenvalue weighted by Crippen LogP contribution is 2.32. The predicted octanol–water partition coefficient (Wildman–Crippen LogP) is 2.42. The van der Waals surface area contributed by atoms with Crippen LogP contribution in [0.25, 0.3) is 0 Å². The standard InChI is InChI=1S/C9H10BrCl2NO3S/c10-6-4-7(11)9(8(12)5-6)17(15,16)13-2-1-3-14/h4-5,13-14H,1-3H2. The molecule has 8 heteroatoms. The fourth-order valence-electron chi connectivity index (χ4n) is 1.14. The van der Waals surface area contributed by atoms with Gasteiger partial charge in [-0.15, -0.1) is 0 Å². The molecule has 0 bridgehead atoms. The first-order valence-corrected chi connectivity index (χ1v) is 7.67. The molecule has 4 nitrogen and oxygen atoms in total. The average Bonchev–Trinajstić information content (AvgIpc) is 2.15. The third-order valence-electron chi connectivity index (χ3n) is 1.86. The van der Waals surface area contributed by atoms with E-state index in [0.29, 0.717) is 10.9 Å². The van der Waals surface area contributed by atoms with E-state index < -0.39 is 10.0 Å². The van der Waals surface area contributed by atoms with Gasteiger partial charge in [0.05, 0.1) is 10.0 Å². The molecule has 0 saturated carbocycles. The quantitative estimate of drug-likeness (QED) is 0.790. The lowest BCUT2D eigenvalue weighted by Gasteiger charge is -2.10. The molecule has 1 rings (SSSR count). The van der Waals surface area contributed by atoms with E-state index in [4.69, 9.17) is 28.3 Å². The fourth-order valence-corrected chi connectivity index (χ4v) is 4.15. The number of halogens is 3. The summed E-state index contributed by atoms with van der Waals surface area (Å²) >= 11 is 14.9. The van der Waals surface area contributed by atoms with Crippen molar-refractivity contribution in [3.05, 3.63) is 26.7 Å². The van der Waals surface area contributed by atoms with Crippen molar-refractivity contribution in [1.82, 2.24) is 4.72 Å². The summed E-state index contributed by atoms with van der Waals surface area (Å²) in [4.78, 5) is -0.151. The summed E-state index contributed by atoms with van der Waals surface area (Å²) in [7, 11) is -3.76. The second-order valence-electron chi connectivity index (χ2n) is 3.17. The van der Waals surface area contributed by atoms with Crippen LogP contribution in [0.4, 0.5) is 0 Å². The van der Waals surface area contributed by atoms with Crippen molar-refractivity contribution >= 4 is 49.2 Å². The van der Waals surface area contributed by atoms with Crippen LogP contribution >= 0.6 is 39.1 Å². The van der Waals surface area contributed by atoms with Crippen LogP contribution in [-0.4, -0.2) is 26.7 Å². The van der Waals surface area contributed by atoms with Crippen LogP contribution < -0.4 is 4.72 Å². The Kier molecular flexibility index (Phi) is 5.69. The van der Waals surface area contributed by atoms with Gasteiger partial charge in [0.2, 0.25) is 10.0 Å². The Hall–Kier alpha value is 0.150. The van der Waals surface area contributed by atoms with Gasteiger partial charge < -0.3 is 5.11 Å². The van der Waals surface area contributed by atoms with E-state index in [1.807, 2.05) is 0 Å². The van der Waals surface area contributed by atoms with Gasteiger partial charge in [0, 0.05) is 17.6 Å². The van der Waals surface area contributed by atoms with Gasteiger partial charge in [-0.2, -0.15) is 0 Å². The average molecular weight is 363 g/mol. The van der Waals surface area contributed by atoms with E-state index in [1.54, 1.807) is 0 Å². The smallest absolute Gasteiger partial charge is 0.243 e. The molecule has 1 aromatic carbocycles. The van der Waals surface area contributed by atoms with E-state index in [2.05, 4.69) is 20.7 Å². The second kappa shape index (κ2) is 6.36. The van der Waals surface area contributed by atoms with Crippen LogP contribution in [0, 0.1) is 0 Å². The summed E-state index contributed by atoms with van der Waals surface area (Å²) in [6.45, 7) is 0.0336. The number of sulfonamides is 1. The zero-order valence-electron chi connectivity index (χ0n) is 8.58. The van der Waals surface area contributed by atoms with E-state index in [0.717, 1.165) is 0 Å². The molecule has 0 atom stereocenters. The number of rotatable bonds is 5. The molecule has 0 unspecified atom stereocenters. The van der Waals surface area contributed by atoms with E-state index in [-0.39, 0.29) is 28.1 Å². The molecule has 0 aliphatic heterocycles. The van der Waals surface area contributed by atoms with Crippen molar-refractivity contribution in [2.75, 3.05) is 13.2 Å². The lowest BCUT2D eigenvalue weighted by molar-refractivity contribution is 0.289. The molecule has 0 radical (unpaired) electrons. The van der Waals surface area contributed by atoms with Gasteiger partial charge in [0.25, 0.3) is 0 Å². The number of nitrogens with one attached hydrogen (secondary N) is 1. The van der Waals surface area contributed by atoms with Gasteiger partial charge in [-0.25, -0.2) is 13.1 Å². The Labute approximate surface area is 118 Å². The van der Waals surface area contributed by atoms with Gasteiger partial charge in [0.15, 0.2) is 0 Å². The van der Waals surface area contributed by atoms with Crippen LogP contribution in [0.3, 0.4) is 0 Å². The number of benzene rings is 1. The molecule has 0 aromatic heterocycles. The predicted molar refractivity (Wildman–Crippen MR) is 71.1 cm³/mol. The Bertz CT molecular complexity index is 484. The molecule has 0 aliphatic carbocycles. The maximum absolute atomic E-state index is 11.9. The lowest BCUT2D eigenvalue weighted by atomic mass is 10.4. The number of aliphatic hydroxyl groups is 1. The normalized spacial score (nSPS) is 11.8. The first kappa shape index (κ1) is 15.2. The summed E-state index contributed by atoms with van der Waals surface area (Å²) in [5.74, 6) is 0. The number of hydrogen-bond acceptors (Lipinski definition) is 3. The summed E-state index contributed by atoms with van der Waals surface area (Å²) in [6.07, 6.45) is 0.324. The summed E-state index contributed by atoms with van der Waals surface area (Å²) < 4.78 is 26.7. The van der Waals surface area contributed by atoms with Gasteiger partial charge >= 0.3 is 0 Å². The van der Waals surface area contributed by atoms with Crippen LogP contribution in [0.5, 0.6) is 0 Å². The topological polar surface area (TPSA) is 66.4 Å². The molecule has 0 spiro atoms. The van der Waals surface area contributed by atoms with Crippen LogP contribution in [-0.2, 0) is 10.0 Å². The van der Waals surface area contributed by atoms with E-state index in [9.17, 15) is 8.42 Å². The molecule has 1 aromatic rings. The highest BCUT2D eigenvalue weighted by molar-refractivity contribution is 9.10. The third kappa shape index (κ3) is 4.08. The Morgan fingerprint density at radius 1 is 1.29 bits per heavy atom. The van der Waals surface area contributed by atoms with Crippen LogP contribution in [0.2, 0.25) is 10.0 Å². The molecule has 96 valence electrons. The van der Waals surface area contributed by atoms with Crippen molar-refractivity contribution in [3.8, 4) is 0 Å². The van der Waals surface area contributed by atoms with Crippen LogP contribution in [0.1, 0.15) is 6.42 Å². The molecular formula is C9H10BrCl2NO3S. The van der Waals surface area contributed by atoms with Gasteiger partial charge in [0.1, 0.15) is 4.90 Å². The van der Waals surface area contributed by atoms with E-state index in [1.165, 1.54) is 12.1 Å². The highest BCUT2D eigenvalue weighted by Gasteiger charge is 2.21. The largest absolute Gasteiger partial charge is 0.396 e. The molecule has 0 fully saturated rings. The minimum Gasteiger partial charge on any atom is -0.396 e. The zero-order chi connectivity index (χ0) is 13.1. The Balaban J connectivity index is 3.07. The van der Waals surface area contributed by atoms with Gasteiger partial charge in [-0.3, -0.25) is 0 Å². The molecule has 2 N–H and O–H groups in total. The second-order valence-corrected chi connectivity index (χ2v) is 6.61. The lowest BCUT2D eigenvalue weighted by Crippen LogP contribution is -2.26. The number of aliphatic hydroxyl groups excluding tert-OH is 1. The first-order valence-electron chi connectivity index (χ1n) is 4.63. The van der Waals surface area contributed by atoms with Crippen molar-refractivity contribution < 1.29 is 13.5 Å². The fraction of sp³-hybridized carbons (Fsp3) is 0.333. The zero-order valence-corrected chi connectivity index (χ0v) is 12.5. The molecular weight excluding hydrogens is 353 g/mol. The minimum absolute atomic E-state index is 0.0425. The summed E-state index contributed by atoms with van der Waals surface area (Å²) in [5.41, 5.74) is 0. The van der Waals surface area contributed by atoms with E-state index >= 15 is 0 Å². The third-order valence-corrected chi connectivity index (χ3v) is 4.70. The van der Waals surface area contributed by atoms with Crippen LogP contribution in [0.15, 0.2) is 21.5 Å². The summed E-state index contributed by atoms with van der Waals surface area (Å²) in [5, 5.41) is 8.67. The molecule has 0 saturated heterocycles. The molecule has 0 aliphatic rings. The molecule has 17 heavy (non-hydrogen) atoms. The van der Waals surface area contributed by atoms with Crippen molar-refractivity contribution in [3.63, 3.8) is 0 Å². The number of hydrogen-bond donors (Lipinski definition) is 2. The van der Waals surface area contributed by atoms with Crippen molar-refractivity contribution in [2.45, 2.75) is 11.3 Å². The SMILES string of the molecule is O=S(=O)(NCCCO)c1c(Cl)cc(Br)cc1Cl. The summed E-state index contributed by atoms with van der Waals surface area (Å²) in [6, 6.07) is 2.90. The molecule has 0 amide bonds. The van der Waals surface area contributed by atoms with Crippen molar-refractivity contribution in [1.29, 1.82) is 0 Å². The first-order chi connectivity index (χ1) is 7.88. The highest BCUT2D eigenvalue weighted by atomic mass is 79.9. The van der Waals surface area contributed by atoms with Crippen molar-refractivity contribution in [2.24, 2.45) is 0 Å². The Morgan fingerprint density at radius 3 is 2.29 bits per heavy atom. The maximum atomic E-state index is 11.9. The minimum atomic E-state index is -3.76. The van der Waals surface area contributed by atoms with Gasteiger partial charge in [-0.05, 0) is 18.6 Å².